The van der Waals surface area contributed by atoms with Gasteiger partial charge in [-0.05, 0) is 31.4 Å². The van der Waals surface area contributed by atoms with Crippen LogP contribution < -0.4 is 16.4 Å². The average molecular weight is 478 g/mol. The van der Waals surface area contributed by atoms with E-state index in [1.807, 2.05) is 17.5 Å². The third kappa shape index (κ3) is 3.86. The number of nitrogens with zero attached hydrogens (tertiary/aromatic N) is 4. The van der Waals surface area contributed by atoms with Crippen LogP contribution in [0.3, 0.4) is 0 Å². The molecule has 1 atom stereocenters. The maximum atomic E-state index is 12.9. The van der Waals surface area contributed by atoms with Gasteiger partial charge >= 0.3 is 0 Å². The fourth-order valence-corrected chi connectivity index (χ4v) is 5.16. The molecule has 3 fully saturated rings. The molecule has 3 aromatic heterocycles. The Balaban J connectivity index is 1.38. The molecule has 0 bridgehead atoms. The Labute approximate surface area is 198 Å². The van der Waals surface area contributed by atoms with Crippen LogP contribution >= 0.6 is 11.3 Å². The van der Waals surface area contributed by atoms with Crippen LogP contribution in [-0.2, 0) is 9.59 Å². The van der Waals surface area contributed by atoms with Gasteiger partial charge in [-0.15, -0.1) is 11.3 Å². The molecule has 174 valence electrons. The molecule has 6 rings (SSSR count). The summed E-state index contributed by atoms with van der Waals surface area (Å²) in [4.78, 5) is 43.8. The number of amides is 3. The molecule has 4 N–H and O–H groups in total. The number of imide groups is 1. The highest BCUT2D eigenvalue weighted by atomic mass is 32.1. The zero-order chi connectivity index (χ0) is 23.4. The number of anilines is 1. The molecule has 34 heavy (non-hydrogen) atoms. The van der Waals surface area contributed by atoms with Gasteiger partial charge in [0.15, 0.2) is 5.65 Å². The van der Waals surface area contributed by atoms with Crippen molar-refractivity contribution in [1.29, 1.82) is 0 Å². The second-order valence-corrected chi connectivity index (χ2v) is 9.91. The largest absolute Gasteiger partial charge is 0.367 e. The SMILES string of the molecule is N[C@H]1CCN(C(=O)c2cc(-c3cc(NC4CC4)n4ncc(/C=C5\CC(=O)NC5=O)c4n3)cs2)C1. The Morgan fingerprint density at radius 2 is 2.12 bits per heavy atom. The molecular weight excluding hydrogens is 454 g/mol. The molecule has 10 nitrogen and oxygen atoms in total. The van der Waals surface area contributed by atoms with Crippen LogP contribution in [0.4, 0.5) is 5.82 Å². The second kappa shape index (κ2) is 8.03. The van der Waals surface area contributed by atoms with Gasteiger partial charge in [0.05, 0.1) is 23.2 Å². The van der Waals surface area contributed by atoms with Crippen molar-refractivity contribution in [2.75, 3.05) is 18.4 Å². The van der Waals surface area contributed by atoms with E-state index in [0.29, 0.717) is 46.5 Å². The Kier molecular flexibility index (Phi) is 4.96. The van der Waals surface area contributed by atoms with E-state index < -0.39 is 0 Å². The molecular formula is C23H23N7O3S. The number of nitrogens with two attached hydrogens (primary N) is 1. The van der Waals surface area contributed by atoms with Crippen LogP contribution in [0.1, 0.15) is 40.9 Å². The number of fused-ring (bicyclic) bond motifs is 1. The van der Waals surface area contributed by atoms with E-state index in [2.05, 4.69) is 15.7 Å². The molecule has 0 aromatic carbocycles. The van der Waals surface area contributed by atoms with E-state index in [4.69, 9.17) is 10.7 Å². The average Bonchev–Trinajstić information content (AvgIpc) is 3.18. The molecule has 5 heterocycles. The summed E-state index contributed by atoms with van der Waals surface area (Å²) in [6.07, 6.45) is 6.36. The maximum Gasteiger partial charge on any atom is 0.263 e. The van der Waals surface area contributed by atoms with Crippen LogP contribution in [-0.4, -0.2) is 62.4 Å². The lowest BCUT2D eigenvalue weighted by atomic mass is 10.1. The van der Waals surface area contributed by atoms with Crippen LogP contribution in [0.25, 0.3) is 23.0 Å². The lowest BCUT2D eigenvalue weighted by Crippen LogP contribution is -2.31. The number of aromatic nitrogens is 3. The number of thiophene rings is 1. The van der Waals surface area contributed by atoms with E-state index in [1.165, 1.54) is 11.3 Å². The third-order valence-corrected chi connectivity index (χ3v) is 7.19. The second-order valence-electron chi connectivity index (χ2n) is 9.00. The monoisotopic (exact) mass is 477 g/mol. The van der Waals surface area contributed by atoms with Gasteiger partial charge in [-0.3, -0.25) is 19.7 Å². The molecule has 1 saturated carbocycles. The van der Waals surface area contributed by atoms with E-state index in [9.17, 15) is 14.4 Å². The third-order valence-electron chi connectivity index (χ3n) is 6.27. The standard InChI is InChI=1S/C23H23N7O3S/c24-15-3-4-29(10-15)23(33)18-6-14(11-34-18)17-8-19(26-16-1-2-16)30-21(27-17)13(9-25-30)5-12-7-20(31)28-22(12)32/h5-6,8-9,11,15-16,26H,1-4,7,10,24H2,(H,28,31,32)/b12-5+/t15-/m0/s1. The Morgan fingerprint density at radius 1 is 1.26 bits per heavy atom. The van der Waals surface area contributed by atoms with Gasteiger partial charge in [-0.25, -0.2) is 4.98 Å². The quantitative estimate of drug-likeness (QED) is 0.376. The van der Waals surface area contributed by atoms with Crippen molar-refractivity contribution in [3.8, 4) is 11.3 Å². The number of rotatable bonds is 5. The Hall–Kier alpha value is -3.57. The molecule has 3 amide bonds. The van der Waals surface area contributed by atoms with Crippen molar-refractivity contribution in [1.82, 2.24) is 24.8 Å². The number of carbonyl (C=O) groups excluding carboxylic acids is 3. The summed E-state index contributed by atoms with van der Waals surface area (Å²) in [5.74, 6) is 0.0864. The van der Waals surface area contributed by atoms with Gasteiger partial charge in [0, 0.05) is 53.3 Å². The molecule has 0 unspecified atom stereocenters. The minimum Gasteiger partial charge on any atom is -0.367 e. The van der Waals surface area contributed by atoms with Crippen LogP contribution in [0.15, 0.2) is 29.3 Å². The number of hydrogen-bond acceptors (Lipinski definition) is 8. The van der Waals surface area contributed by atoms with Gasteiger partial charge in [0.1, 0.15) is 5.82 Å². The van der Waals surface area contributed by atoms with Gasteiger partial charge in [-0.2, -0.15) is 9.61 Å². The van der Waals surface area contributed by atoms with E-state index in [1.54, 1.807) is 21.7 Å². The first-order chi connectivity index (χ1) is 16.4. The van der Waals surface area contributed by atoms with E-state index in [-0.39, 0.29) is 30.2 Å². The van der Waals surface area contributed by atoms with Gasteiger partial charge < -0.3 is 16.0 Å². The van der Waals surface area contributed by atoms with Crippen LogP contribution in [0.5, 0.6) is 0 Å². The lowest BCUT2D eigenvalue weighted by Gasteiger charge is -2.14. The van der Waals surface area contributed by atoms with E-state index in [0.717, 1.165) is 30.6 Å². The van der Waals surface area contributed by atoms with Crippen molar-refractivity contribution >= 4 is 46.6 Å². The lowest BCUT2D eigenvalue weighted by molar-refractivity contribution is -0.124. The van der Waals surface area contributed by atoms with Crippen molar-refractivity contribution in [2.45, 2.75) is 37.8 Å². The summed E-state index contributed by atoms with van der Waals surface area (Å²) in [7, 11) is 0. The highest BCUT2D eigenvalue weighted by molar-refractivity contribution is 7.12. The molecule has 0 radical (unpaired) electrons. The molecule has 2 aliphatic heterocycles. The molecule has 11 heteroatoms. The van der Waals surface area contributed by atoms with Crippen molar-refractivity contribution < 1.29 is 14.4 Å². The van der Waals surface area contributed by atoms with Gasteiger partial charge in [-0.1, -0.05) is 0 Å². The zero-order valence-corrected chi connectivity index (χ0v) is 19.1. The summed E-state index contributed by atoms with van der Waals surface area (Å²) >= 11 is 1.39. The first-order valence-corrected chi connectivity index (χ1v) is 12.2. The number of hydrogen-bond donors (Lipinski definition) is 3. The predicted octanol–water partition coefficient (Wildman–Crippen LogP) is 1.64. The van der Waals surface area contributed by atoms with E-state index >= 15 is 0 Å². The molecule has 3 aromatic rings. The Bertz CT molecular complexity index is 1370. The van der Waals surface area contributed by atoms with Crippen LogP contribution in [0.2, 0.25) is 0 Å². The highest BCUT2D eigenvalue weighted by Crippen LogP contribution is 2.32. The molecule has 0 spiro atoms. The summed E-state index contributed by atoms with van der Waals surface area (Å²) in [6, 6.07) is 4.23. The summed E-state index contributed by atoms with van der Waals surface area (Å²) in [5, 5.41) is 12.2. The van der Waals surface area contributed by atoms with Gasteiger partial charge in [0.25, 0.3) is 11.8 Å². The first-order valence-electron chi connectivity index (χ1n) is 11.3. The number of likely N-dealkylation sites (tertiary alicyclic amines) is 1. The fraction of sp³-hybridized carbons (Fsp3) is 0.348. The van der Waals surface area contributed by atoms with Gasteiger partial charge in [0.2, 0.25) is 5.91 Å². The van der Waals surface area contributed by atoms with Crippen molar-refractivity contribution in [2.24, 2.45) is 5.73 Å². The summed E-state index contributed by atoms with van der Waals surface area (Å²) in [6.45, 7) is 1.26. The predicted molar refractivity (Wildman–Crippen MR) is 127 cm³/mol. The fourth-order valence-electron chi connectivity index (χ4n) is 4.29. The van der Waals surface area contributed by atoms with Crippen molar-refractivity contribution in [3.05, 3.63) is 39.7 Å². The number of nitrogens with one attached hydrogen (secondary N) is 2. The minimum absolute atomic E-state index is 0.00621. The summed E-state index contributed by atoms with van der Waals surface area (Å²) < 4.78 is 1.72. The zero-order valence-electron chi connectivity index (χ0n) is 18.3. The normalized spacial score (nSPS) is 21.6. The van der Waals surface area contributed by atoms with Crippen LogP contribution in [0, 0.1) is 0 Å². The van der Waals surface area contributed by atoms with Crippen molar-refractivity contribution in [3.63, 3.8) is 0 Å². The highest BCUT2D eigenvalue weighted by Gasteiger charge is 2.27. The Morgan fingerprint density at radius 3 is 2.82 bits per heavy atom. The topological polar surface area (TPSA) is 135 Å². The maximum absolute atomic E-state index is 12.9. The number of carbonyl (C=O) groups is 3. The molecule has 2 saturated heterocycles. The summed E-state index contributed by atoms with van der Waals surface area (Å²) in [5.41, 5.74) is 9.12. The molecule has 3 aliphatic rings. The molecule has 1 aliphatic carbocycles. The first kappa shape index (κ1) is 21.0. The smallest absolute Gasteiger partial charge is 0.263 e. The minimum atomic E-state index is -0.389.